The molecule has 0 radical (unpaired) electrons. The molecule has 130 valence electrons. The third kappa shape index (κ3) is 4.10. The minimum atomic E-state index is 0.152. The Hall–Kier alpha value is -1.89. The van der Waals surface area contributed by atoms with E-state index >= 15 is 0 Å². The molecule has 0 aliphatic heterocycles. The quantitative estimate of drug-likeness (QED) is 0.812. The molecule has 23 heavy (non-hydrogen) atoms. The third-order valence-corrected chi connectivity index (χ3v) is 3.81. The molecule has 2 heterocycles. The van der Waals surface area contributed by atoms with Gasteiger partial charge in [0, 0.05) is 24.8 Å². The Kier molecular flexibility index (Phi) is 7.74. The van der Waals surface area contributed by atoms with Crippen LogP contribution in [-0.4, -0.2) is 43.9 Å². The Labute approximate surface area is 138 Å². The molecule has 2 aromatic heterocycles. The van der Waals surface area contributed by atoms with Gasteiger partial charge in [-0.1, -0.05) is 27.7 Å². The maximum Gasteiger partial charge on any atom is 0.230 e. The number of fused-ring (bicyclic) bond motifs is 1. The second-order valence-electron chi connectivity index (χ2n) is 5.00. The SMILES string of the molecule is CC.CCc1cnn2c(N)nc(N(CC)C(CC)CCO)nc12. The summed E-state index contributed by atoms with van der Waals surface area (Å²) in [5.74, 6) is 0.949. The fourth-order valence-corrected chi connectivity index (χ4v) is 2.60. The number of nitrogens with two attached hydrogens (primary N) is 1. The van der Waals surface area contributed by atoms with Crippen LogP contribution in [0.2, 0.25) is 0 Å². The lowest BCUT2D eigenvalue weighted by Gasteiger charge is -2.29. The van der Waals surface area contributed by atoms with Crippen molar-refractivity contribution in [2.24, 2.45) is 0 Å². The van der Waals surface area contributed by atoms with E-state index in [1.165, 1.54) is 0 Å². The molecular weight excluding hydrogens is 292 g/mol. The van der Waals surface area contributed by atoms with E-state index in [2.05, 4.69) is 40.7 Å². The molecule has 7 nitrogen and oxygen atoms in total. The molecule has 0 spiro atoms. The maximum atomic E-state index is 9.23. The summed E-state index contributed by atoms with van der Waals surface area (Å²) in [6, 6.07) is 0.204. The van der Waals surface area contributed by atoms with Crippen LogP contribution in [0.25, 0.3) is 5.65 Å². The van der Waals surface area contributed by atoms with Crippen molar-refractivity contribution in [1.29, 1.82) is 0 Å². The Balaban J connectivity index is 0.00000127. The second kappa shape index (κ2) is 9.29. The second-order valence-corrected chi connectivity index (χ2v) is 5.00. The number of aliphatic hydroxyl groups is 1. The number of hydrogen-bond acceptors (Lipinski definition) is 6. The van der Waals surface area contributed by atoms with Gasteiger partial charge in [0.15, 0.2) is 5.65 Å². The van der Waals surface area contributed by atoms with Gasteiger partial charge in [0.05, 0.1) is 6.20 Å². The van der Waals surface area contributed by atoms with E-state index in [0.29, 0.717) is 18.3 Å². The summed E-state index contributed by atoms with van der Waals surface area (Å²) in [6.07, 6.45) is 4.24. The third-order valence-electron chi connectivity index (χ3n) is 3.81. The molecule has 1 unspecified atom stereocenters. The summed E-state index contributed by atoms with van der Waals surface area (Å²) >= 11 is 0. The van der Waals surface area contributed by atoms with Crippen LogP contribution in [0.15, 0.2) is 6.20 Å². The zero-order valence-corrected chi connectivity index (χ0v) is 15.0. The summed E-state index contributed by atoms with van der Waals surface area (Å²) in [6.45, 7) is 11.1. The topological polar surface area (TPSA) is 92.6 Å². The lowest BCUT2D eigenvalue weighted by molar-refractivity contribution is 0.271. The highest BCUT2D eigenvalue weighted by atomic mass is 16.3. The van der Waals surface area contributed by atoms with Crippen molar-refractivity contribution < 1.29 is 5.11 Å². The molecule has 0 aromatic carbocycles. The largest absolute Gasteiger partial charge is 0.396 e. The fraction of sp³-hybridized carbons (Fsp3) is 0.688. The molecule has 2 aromatic rings. The molecule has 7 heteroatoms. The molecule has 0 fully saturated rings. The van der Waals surface area contributed by atoms with Crippen LogP contribution in [0.1, 0.15) is 53.0 Å². The zero-order chi connectivity index (χ0) is 17.4. The number of nitrogen functional groups attached to an aromatic ring is 1. The van der Waals surface area contributed by atoms with E-state index in [4.69, 9.17) is 5.73 Å². The minimum Gasteiger partial charge on any atom is -0.396 e. The fourth-order valence-electron chi connectivity index (χ4n) is 2.60. The highest BCUT2D eigenvalue weighted by Crippen LogP contribution is 2.20. The summed E-state index contributed by atoms with van der Waals surface area (Å²) in [4.78, 5) is 11.1. The van der Waals surface area contributed by atoms with E-state index in [-0.39, 0.29) is 12.6 Å². The molecule has 0 saturated heterocycles. The lowest BCUT2D eigenvalue weighted by Crippen LogP contribution is -2.37. The molecule has 2 rings (SSSR count). The Morgan fingerprint density at radius 1 is 1.26 bits per heavy atom. The van der Waals surface area contributed by atoms with Crippen molar-refractivity contribution in [2.75, 3.05) is 23.8 Å². The normalized spacial score (nSPS) is 11.9. The smallest absolute Gasteiger partial charge is 0.230 e. The van der Waals surface area contributed by atoms with Gasteiger partial charge in [-0.05, 0) is 26.2 Å². The van der Waals surface area contributed by atoms with Crippen LogP contribution < -0.4 is 10.6 Å². The number of anilines is 2. The van der Waals surface area contributed by atoms with Gasteiger partial charge in [-0.15, -0.1) is 0 Å². The van der Waals surface area contributed by atoms with Crippen LogP contribution in [0.3, 0.4) is 0 Å². The molecule has 1 atom stereocenters. The van der Waals surface area contributed by atoms with Crippen molar-refractivity contribution in [1.82, 2.24) is 19.6 Å². The van der Waals surface area contributed by atoms with E-state index in [1.54, 1.807) is 10.7 Å². The first-order valence-corrected chi connectivity index (χ1v) is 8.53. The van der Waals surface area contributed by atoms with Gasteiger partial charge < -0.3 is 15.7 Å². The van der Waals surface area contributed by atoms with Gasteiger partial charge in [0.25, 0.3) is 0 Å². The molecule has 0 aliphatic carbocycles. The average molecular weight is 322 g/mol. The highest BCUT2D eigenvalue weighted by molar-refractivity contribution is 5.54. The maximum absolute atomic E-state index is 9.23. The number of hydrogen-bond donors (Lipinski definition) is 2. The minimum absolute atomic E-state index is 0.152. The Morgan fingerprint density at radius 2 is 1.96 bits per heavy atom. The van der Waals surface area contributed by atoms with Crippen LogP contribution in [0.4, 0.5) is 11.9 Å². The molecule has 0 aliphatic rings. The molecule has 0 bridgehead atoms. The number of rotatable bonds is 7. The molecule has 0 saturated carbocycles. The van der Waals surface area contributed by atoms with Gasteiger partial charge in [-0.25, -0.2) is 0 Å². The monoisotopic (exact) mass is 322 g/mol. The predicted molar refractivity (Wildman–Crippen MR) is 94.7 cm³/mol. The van der Waals surface area contributed by atoms with Crippen molar-refractivity contribution in [3.05, 3.63) is 11.8 Å². The van der Waals surface area contributed by atoms with Gasteiger partial charge in [0.2, 0.25) is 11.9 Å². The van der Waals surface area contributed by atoms with E-state index in [1.807, 2.05) is 13.8 Å². The molecular formula is C16H30N6O. The predicted octanol–water partition coefficient (Wildman–Crippen LogP) is 2.28. The van der Waals surface area contributed by atoms with Gasteiger partial charge in [-0.2, -0.15) is 19.6 Å². The standard InChI is InChI=1S/C14H24N6O.C2H6/c1-4-10-9-16-20-12(10)17-14(18-13(20)15)19(6-3)11(5-2)7-8-21;1-2/h9,11,21H,4-8H2,1-3H3,(H2,15,17,18);1-2H3. The van der Waals surface area contributed by atoms with Gasteiger partial charge >= 0.3 is 0 Å². The summed E-state index contributed by atoms with van der Waals surface area (Å²) in [5, 5.41) is 13.5. The summed E-state index contributed by atoms with van der Waals surface area (Å²) in [5.41, 5.74) is 7.82. The van der Waals surface area contributed by atoms with Gasteiger partial charge in [0.1, 0.15) is 0 Å². The number of aromatic nitrogens is 4. The number of aliphatic hydroxyl groups excluding tert-OH is 1. The first-order chi connectivity index (χ1) is 11.2. The van der Waals surface area contributed by atoms with Crippen LogP contribution >= 0.6 is 0 Å². The highest BCUT2D eigenvalue weighted by Gasteiger charge is 2.20. The number of nitrogens with zero attached hydrogens (tertiary/aromatic N) is 5. The zero-order valence-electron chi connectivity index (χ0n) is 15.0. The van der Waals surface area contributed by atoms with Gasteiger partial charge in [-0.3, -0.25) is 0 Å². The van der Waals surface area contributed by atoms with Crippen molar-refractivity contribution >= 4 is 17.5 Å². The Bertz CT molecular complexity index is 598. The first-order valence-electron chi connectivity index (χ1n) is 8.53. The van der Waals surface area contributed by atoms with Crippen LogP contribution in [0, 0.1) is 0 Å². The van der Waals surface area contributed by atoms with Crippen LogP contribution in [-0.2, 0) is 6.42 Å². The molecule has 3 N–H and O–H groups in total. The van der Waals surface area contributed by atoms with Crippen molar-refractivity contribution in [3.63, 3.8) is 0 Å². The number of aryl methyl sites for hydroxylation is 1. The average Bonchev–Trinajstić information content (AvgIpc) is 3.00. The van der Waals surface area contributed by atoms with E-state index in [9.17, 15) is 5.11 Å². The Morgan fingerprint density at radius 3 is 2.48 bits per heavy atom. The lowest BCUT2D eigenvalue weighted by atomic mass is 10.1. The van der Waals surface area contributed by atoms with E-state index in [0.717, 1.165) is 30.6 Å². The summed E-state index contributed by atoms with van der Waals surface area (Å²) in [7, 11) is 0. The van der Waals surface area contributed by atoms with Crippen LogP contribution in [0.5, 0.6) is 0 Å². The van der Waals surface area contributed by atoms with Crippen molar-refractivity contribution in [3.8, 4) is 0 Å². The summed E-state index contributed by atoms with van der Waals surface area (Å²) < 4.78 is 1.57. The molecule has 0 amide bonds. The first kappa shape index (κ1) is 19.2. The van der Waals surface area contributed by atoms with Crippen molar-refractivity contribution in [2.45, 2.75) is 59.9 Å². The van der Waals surface area contributed by atoms with E-state index < -0.39 is 0 Å².